The first-order valence-electron chi connectivity index (χ1n) is 7.45. The van der Waals surface area contributed by atoms with Gasteiger partial charge in [0, 0.05) is 16.4 Å². The van der Waals surface area contributed by atoms with Crippen molar-refractivity contribution in [1.82, 2.24) is 9.78 Å². The molecule has 1 saturated carbocycles. The maximum atomic E-state index is 6.00. The zero-order chi connectivity index (χ0) is 14.7. The zero-order valence-electron chi connectivity index (χ0n) is 11.9. The first-order chi connectivity index (χ1) is 10.2. The maximum Gasteiger partial charge on any atom is 0.0815 e. The molecule has 3 rings (SSSR count). The Kier molecular flexibility index (Phi) is 4.86. The van der Waals surface area contributed by atoms with Crippen LogP contribution in [0.15, 0.2) is 34.9 Å². The molecule has 0 saturated heterocycles. The van der Waals surface area contributed by atoms with Gasteiger partial charge in [0.2, 0.25) is 0 Å². The van der Waals surface area contributed by atoms with Crippen molar-refractivity contribution in [3.8, 4) is 0 Å². The standard InChI is InChI=1S/C16H19BrClN3/c17-15-10-12(6-7-16(15)18)19-11-13-8-9-21(20-13)14-4-2-1-3-5-14/h6-10,14,19H,1-5,11H2. The van der Waals surface area contributed by atoms with E-state index < -0.39 is 0 Å². The number of aromatic nitrogens is 2. The van der Waals surface area contributed by atoms with Gasteiger partial charge in [-0.05, 0) is 53.0 Å². The van der Waals surface area contributed by atoms with E-state index in [4.69, 9.17) is 16.7 Å². The van der Waals surface area contributed by atoms with Crippen LogP contribution in [-0.4, -0.2) is 9.78 Å². The Morgan fingerprint density at radius 1 is 1.24 bits per heavy atom. The molecule has 1 N–H and O–H groups in total. The highest BCUT2D eigenvalue weighted by Crippen LogP contribution is 2.28. The Morgan fingerprint density at radius 3 is 2.81 bits per heavy atom. The van der Waals surface area contributed by atoms with Crippen molar-refractivity contribution in [1.29, 1.82) is 0 Å². The summed E-state index contributed by atoms with van der Waals surface area (Å²) in [5, 5.41) is 8.81. The third kappa shape index (κ3) is 3.80. The van der Waals surface area contributed by atoms with Gasteiger partial charge in [-0.1, -0.05) is 30.9 Å². The molecule has 1 aliphatic carbocycles. The lowest BCUT2D eigenvalue weighted by atomic mass is 9.96. The Bertz CT molecular complexity index is 605. The van der Waals surface area contributed by atoms with Crippen LogP contribution >= 0.6 is 27.5 Å². The topological polar surface area (TPSA) is 29.9 Å². The summed E-state index contributed by atoms with van der Waals surface area (Å²) in [5.74, 6) is 0. The molecular formula is C16H19BrClN3. The second-order valence-corrected chi connectivity index (χ2v) is 6.82. The van der Waals surface area contributed by atoms with E-state index in [1.807, 2.05) is 18.2 Å². The predicted octanol–water partition coefficient (Wildman–Crippen LogP) is 5.42. The number of rotatable bonds is 4. The summed E-state index contributed by atoms with van der Waals surface area (Å²) in [6.45, 7) is 0.730. The molecule has 5 heteroatoms. The summed E-state index contributed by atoms with van der Waals surface area (Å²) in [6, 6.07) is 8.55. The van der Waals surface area contributed by atoms with Gasteiger partial charge < -0.3 is 5.32 Å². The van der Waals surface area contributed by atoms with Gasteiger partial charge in [0.1, 0.15) is 0 Å². The number of halogens is 2. The van der Waals surface area contributed by atoms with Crippen molar-refractivity contribution in [3.05, 3.63) is 45.7 Å². The fourth-order valence-corrected chi connectivity index (χ4v) is 3.32. The highest BCUT2D eigenvalue weighted by molar-refractivity contribution is 9.10. The van der Waals surface area contributed by atoms with Crippen molar-refractivity contribution in [3.63, 3.8) is 0 Å². The average Bonchev–Trinajstić information content (AvgIpc) is 2.98. The summed E-state index contributed by atoms with van der Waals surface area (Å²) in [4.78, 5) is 0. The predicted molar refractivity (Wildman–Crippen MR) is 90.8 cm³/mol. The molecule has 1 aromatic carbocycles. The molecule has 1 aromatic heterocycles. The third-order valence-electron chi connectivity index (χ3n) is 4.01. The van der Waals surface area contributed by atoms with Crippen LogP contribution < -0.4 is 5.32 Å². The molecule has 1 heterocycles. The lowest BCUT2D eigenvalue weighted by Gasteiger charge is -2.21. The van der Waals surface area contributed by atoms with Crippen LogP contribution in [0.1, 0.15) is 43.8 Å². The van der Waals surface area contributed by atoms with E-state index in [0.29, 0.717) is 6.04 Å². The van der Waals surface area contributed by atoms with Crippen LogP contribution in [0.2, 0.25) is 5.02 Å². The van der Waals surface area contributed by atoms with Gasteiger partial charge in [-0.25, -0.2) is 0 Å². The summed E-state index contributed by atoms with van der Waals surface area (Å²) in [5.41, 5.74) is 2.12. The first-order valence-corrected chi connectivity index (χ1v) is 8.62. The molecule has 1 fully saturated rings. The fraction of sp³-hybridized carbons (Fsp3) is 0.438. The van der Waals surface area contributed by atoms with Crippen molar-refractivity contribution in [2.24, 2.45) is 0 Å². The minimum Gasteiger partial charge on any atom is -0.379 e. The van der Waals surface area contributed by atoms with Crippen LogP contribution in [0.25, 0.3) is 0 Å². The van der Waals surface area contributed by atoms with Crippen LogP contribution in [0.5, 0.6) is 0 Å². The maximum absolute atomic E-state index is 6.00. The first kappa shape index (κ1) is 14.9. The smallest absolute Gasteiger partial charge is 0.0815 e. The van der Waals surface area contributed by atoms with Crippen molar-refractivity contribution >= 4 is 33.2 Å². The fourth-order valence-electron chi connectivity index (χ4n) is 2.82. The molecule has 0 aliphatic heterocycles. The van der Waals surface area contributed by atoms with Gasteiger partial charge in [-0.2, -0.15) is 5.10 Å². The minimum atomic E-state index is 0.595. The number of anilines is 1. The Morgan fingerprint density at radius 2 is 2.05 bits per heavy atom. The normalized spacial score (nSPS) is 16.1. The van der Waals surface area contributed by atoms with E-state index in [1.165, 1.54) is 32.1 Å². The quantitative estimate of drug-likeness (QED) is 0.781. The molecule has 3 nitrogen and oxygen atoms in total. The third-order valence-corrected chi connectivity index (χ3v) is 5.22. The Balaban J connectivity index is 1.60. The molecule has 0 unspecified atom stereocenters. The summed E-state index contributed by atoms with van der Waals surface area (Å²) in [6.07, 6.45) is 8.67. The summed E-state index contributed by atoms with van der Waals surface area (Å²) < 4.78 is 3.05. The molecule has 0 atom stereocenters. The number of nitrogens with one attached hydrogen (secondary N) is 1. The highest BCUT2D eigenvalue weighted by Gasteiger charge is 2.15. The van der Waals surface area contributed by atoms with Gasteiger partial charge in [0.25, 0.3) is 0 Å². The number of benzene rings is 1. The van der Waals surface area contributed by atoms with Crippen molar-refractivity contribution in [2.45, 2.75) is 44.7 Å². The van der Waals surface area contributed by atoms with Gasteiger partial charge in [-0.3, -0.25) is 4.68 Å². The van der Waals surface area contributed by atoms with E-state index >= 15 is 0 Å². The summed E-state index contributed by atoms with van der Waals surface area (Å²) in [7, 11) is 0. The Hall–Kier alpha value is -1.00. The lowest BCUT2D eigenvalue weighted by molar-refractivity contribution is 0.328. The summed E-state index contributed by atoms with van der Waals surface area (Å²) >= 11 is 9.43. The molecule has 112 valence electrons. The molecule has 0 amide bonds. The molecule has 2 aromatic rings. The van der Waals surface area contributed by atoms with E-state index in [2.05, 4.69) is 38.2 Å². The molecule has 21 heavy (non-hydrogen) atoms. The van der Waals surface area contributed by atoms with E-state index in [0.717, 1.165) is 27.4 Å². The molecular weight excluding hydrogens is 350 g/mol. The molecule has 0 radical (unpaired) electrons. The number of hydrogen-bond acceptors (Lipinski definition) is 2. The van der Waals surface area contributed by atoms with E-state index in [-0.39, 0.29) is 0 Å². The average molecular weight is 369 g/mol. The van der Waals surface area contributed by atoms with E-state index in [9.17, 15) is 0 Å². The molecule has 1 aliphatic rings. The van der Waals surface area contributed by atoms with Crippen molar-refractivity contribution < 1.29 is 0 Å². The Labute approximate surface area is 138 Å². The second kappa shape index (κ2) is 6.84. The van der Waals surface area contributed by atoms with Gasteiger partial charge in [0.15, 0.2) is 0 Å². The molecule has 0 bridgehead atoms. The van der Waals surface area contributed by atoms with Gasteiger partial charge in [-0.15, -0.1) is 0 Å². The van der Waals surface area contributed by atoms with Gasteiger partial charge in [0.05, 0.1) is 23.3 Å². The monoisotopic (exact) mass is 367 g/mol. The largest absolute Gasteiger partial charge is 0.379 e. The number of hydrogen-bond donors (Lipinski definition) is 1. The second-order valence-electron chi connectivity index (χ2n) is 5.56. The number of nitrogens with zero attached hydrogens (tertiary/aromatic N) is 2. The molecule has 0 spiro atoms. The zero-order valence-corrected chi connectivity index (χ0v) is 14.2. The SMILES string of the molecule is Clc1ccc(NCc2ccn(C3CCCCC3)n2)cc1Br. The van der Waals surface area contributed by atoms with Crippen LogP contribution in [-0.2, 0) is 6.54 Å². The highest BCUT2D eigenvalue weighted by atomic mass is 79.9. The van der Waals surface area contributed by atoms with E-state index in [1.54, 1.807) is 0 Å². The minimum absolute atomic E-state index is 0.595. The lowest BCUT2D eigenvalue weighted by Crippen LogP contribution is -2.13. The van der Waals surface area contributed by atoms with Crippen LogP contribution in [0, 0.1) is 0 Å². The van der Waals surface area contributed by atoms with Crippen LogP contribution in [0.4, 0.5) is 5.69 Å². The van der Waals surface area contributed by atoms with Gasteiger partial charge >= 0.3 is 0 Å². The van der Waals surface area contributed by atoms with Crippen LogP contribution in [0.3, 0.4) is 0 Å². The van der Waals surface area contributed by atoms with Crippen molar-refractivity contribution in [2.75, 3.05) is 5.32 Å².